The van der Waals surface area contributed by atoms with Crippen LogP contribution in [0.5, 0.6) is 0 Å². The maximum atomic E-state index is 12.8. The summed E-state index contributed by atoms with van der Waals surface area (Å²) in [5.41, 5.74) is 1.70. The Bertz CT molecular complexity index is 946. The average Bonchev–Trinajstić information content (AvgIpc) is 3.65. The second-order valence-electron chi connectivity index (χ2n) is 10.8. The van der Waals surface area contributed by atoms with Gasteiger partial charge in [-0.3, -0.25) is 0 Å². The highest BCUT2D eigenvalue weighted by Crippen LogP contribution is 2.39. The number of aliphatic hydroxyl groups is 4. The van der Waals surface area contributed by atoms with Gasteiger partial charge in [-0.25, -0.2) is 4.79 Å². The van der Waals surface area contributed by atoms with Gasteiger partial charge in [-0.2, -0.15) is 0 Å². The monoisotopic (exact) mass is 530 g/mol. The molecule has 212 valence electrons. The van der Waals surface area contributed by atoms with Crippen LogP contribution in [-0.2, 0) is 14.3 Å². The highest BCUT2D eigenvalue weighted by atomic mass is 16.6. The van der Waals surface area contributed by atoms with Gasteiger partial charge in [0.25, 0.3) is 0 Å². The number of rotatable bonds is 4. The van der Waals surface area contributed by atoms with Gasteiger partial charge in [0.2, 0.25) is 0 Å². The number of epoxide rings is 1. The summed E-state index contributed by atoms with van der Waals surface area (Å²) in [5.74, 6) is -0.134. The summed E-state index contributed by atoms with van der Waals surface area (Å²) in [7, 11) is 0. The quantitative estimate of drug-likeness (QED) is 0.245. The van der Waals surface area contributed by atoms with Gasteiger partial charge in [-0.15, -0.1) is 0 Å². The van der Waals surface area contributed by atoms with E-state index in [1.165, 1.54) is 12.2 Å². The van der Waals surface area contributed by atoms with Crippen molar-refractivity contribution in [2.45, 2.75) is 103 Å². The van der Waals surface area contributed by atoms with E-state index in [0.717, 1.165) is 18.4 Å². The number of carbonyl (C=O) groups excluding carboxylic acids is 1. The molecule has 7 nitrogen and oxygen atoms in total. The molecule has 0 aromatic heterocycles. The zero-order valence-electron chi connectivity index (χ0n) is 23.3. The summed E-state index contributed by atoms with van der Waals surface area (Å²) in [4.78, 5) is 12.8. The minimum Gasteiger partial charge on any atom is -0.456 e. The third-order valence-electron chi connectivity index (χ3n) is 7.26. The van der Waals surface area contributed by atoms with E-state index in [2.05, 4.69) is 33.6 Å². The molecule has 1 saturated heterocycles. The first kappa shape index (κ1) is 31.9. The topological polar surface area (TPSA) is 120 Å². The first-order valence-corrected chi connectivity index (χ1v) is 13.5. The second kappa shape index (κ2) is 14.8. The lowest BCUT2D eigenvalue weighted by Crippen LogP contribution is -2.37. The molecule has 0 saturated carbocycles. The van der Waals surface area contributed by atoms with Crippen molar-refractivity contribution in [2.75, 3.05) is 0 Å². The Balaban J connectivity index is 2.28. The number of cyclic esters (lactones) is 1. The number of carbonyl (C=O) groups is 1. The van der Waals surface area contributed by atoms with E-state index < -0.39 is 36.5 Å². The number of esters is 1. The summed E-state index contributed by atoms with van der Waals surface area (Å²) < 4.78 is 11.9. The standard InChI is InChI=1S/C31H46O7/c1-8-11-21(5)29-31(38-29)30-22(6)16-18(2)13-10-15-24(32)27(35)23(7)28(36)26(34)20(4)14-9-12-19(3)17-25(33)37-30/h9-10,12,15,17,21-22,24,26-32,34-36H,2,4,7-8,11,13-14,16H2,1,3,5-6H3/b12-9+,15-10+,19-17+/t21-,22-,24-,26+,27-,28+,29-,30-,31-/m0/s1. The molecule has 0 aromatic carbocycles. The molecule has 2 heterocycles. The first-order chi connectivity index (χ1) is 17.9. The van der Waals surface area contributed by atoms with Crippen LogP contribution in [0.25, 0.3) is 0 Å². The van der Waals surface area contributed by atoms with Gasteiger partial charge < -0.3 is 29.9 Å². The molecule has 7 heteroatoms. The zero-order valence-corrected chi connectivity index (χ0v) is 23.3. The second-order valence-corrected chi connectivity index (χ2v) is 10.8. The van der Waals surface area contributed by atoms with Crippen LogP contribution in [0.15, 0.2) is 72.4 Å². The van der Waals surface area contributed by atoms with Gasteiger partial charge in [-0.05, 0) is 61.2 Å². The molecule has 38 heavy (non-hydrogen) atoms. The molecule has 0 aliphatic carbocycles. The lowest BCUT2D eigenvalue weighted by Gasteiger charge is -2.26. The average molecular weight is 531 g/mol. The molecular formula is C31H46O7. The summed E-state index contributed by atoms with van der Waals surface area (Å²) in [5, 5.41) is 41.8. The van der Waals surface area contributed by atoms with Crippen LogP contribution in [0, 0.1) is 11.8 Å². The Labute approximate surface area is 227 Å². The van der Waals surface area contributed by atoms with Gasteiger partial charge in [0.1, 0.15) is 36.6 Å². The van der Waals surface area contributed by atoms with E-state index in [1.807, 2.05) is 6.92 Å². The number of ether oxygens (including phenoxy) is 2. The fourth-order valence-corrected chi connectivity index (χ4v) is 4.86. The van der Waals surface area contributed by atoms with E-state index in [-0.39, 0.29) is 30.1 Å². The van der Waals surface area contributed by atoms with Crippen LogP contribution in [-0.4, -0.2) is 69.1 Å². The summed E-state index contributed by atoms with van der Waals surface area (Å²) >= 11 is 0. The van der Waals surface area contributed by atoms with Gasteiger partial charge >= 0.3 is 5.97 Å². The van der Waals surface area contributed by atoms with Crippen molar-refractivity contribution < 1.29 is 34.7 Å². The van der Waals surface area contributed by atoms with Crippen molar-refractivity contribution >= 4 is 5.97 Å². The Morgan fingerprint density at radius 2 is 1.71 bits per heavy atom. The lowest BCUT2D eigenvalue weighted by atomic mass is 9.89. The summed E-state index contributed by atoms with van der Waals surface area (Å²) in [6.07, 6.45) is 5.05. The van der Waals surface area contributed by atoms with Crippen molar-refractivity contribution in [3.05, 3.63) is 72.4 Å². The third-order valence-corrected chi connectivity index (χ3v) is 7.26. The van der Waals surface area contributed by atoms with Crippen LogP contribution >= 0.6 is 0 Å². The molecule has 0 unspecified atom stereocenters. The fourth-order valence-electron chi connectivity index (χ4n) is 4.86. The highest BCUT2D eigenvalue weighted by Gasteiger charge is 2.51. The maximum Gasteiger partial charge on any atom is 0.331 e. The SMILES string of the molecule is C=C1C/C=C/[C@H](O)[C@@H](O)C(=C)[C@@H](O)[C@H](O)C(=C)C/C=C/C(C)=C/C(=O)O[C@H]([C@H]2O[C@H]2[C@@H](C)CCC)[C@@H](C)C1. The predicted octanol–water partition coefficient (Wildman–Crippen LogP) is 4.09. The molecule has 2 aliphatic rings. The highest BCUT2D eigenvalue weighted by molar-refractivity contribution is 5.83. The van der Waals surface area contributed by atoms with E-state index in [4.69, 9.17) is 9.47 Å². The predicted molar refractivity (Wildman–Crippen MR) is 149 cm³/mol. The molecule has 0 aromatic rings. The van der Waals surface area contributed by atoms with Crippen LogP contribution in [0.4, 0.5) is 0 Å². The normalized spacial score (nSPS) is 38.5. The molecule has 0 bridgehead atoms. The maximum absolute atomic E-state index is 12.8. The minimum absolute atomic E-state index is 0.0474. The van der Waals surface area contributed by atoms with Crippen molar-refractivity contribution in [1.29, 1.82) is 0 Å². The van der Waals surface area contributed by atoms with Gasteiger partial charge in [0.05, 0.1) is 6.10 Å². The Hall–Kier alpha value is -2.29. The molecule has 0 spiro atoms. The van der Waals surface area contributed by atoms with Crippen molar-refractivity contribution in [1.82, 2.24) is 0 Å². The van der Waals surface area contributed by atoms with Crippen molar-refractivity contribution in [3.8, 4) is 0 Å². The fraction of sp³-hybridized carbons (Fsp3) is 0.581. The van der Waals surface area contributed by atoms with Gasteiger partial charge in [0, 0.05) is 6.08 Å². The molecular weight excluding hydrogens is 484 g/mol. The van der Waals surface area contributed by atoms with Crippen molar-refractivity contribution in [2.24, 2.45) is 11.8 Å². The van der Waals surface area contributed by atoms with E-state index in [9.17, 15) is 25.2 Å². The molecule has 4 N–H and O–H groups in total. The molecule has 2 rings (SSSR count). The van der Waals surface area contributed by atoms with Crippen molar-refractivity contribution in [3.63, 3.8) is 0 Å². The third kappa shape index (κ3) is 9.17. The van der Waals surface area contributed by atoms with Crippen LogP contribution in [0.1, 0.15) is 59.8 Å². The molecule has 9 atom stereocenters. The lowest BCUT2D eigenvalue weighted by molar-refractivity contribution is -0.146. The molecule has 0 radical (unpaired) electrons. The zero-order chi connectivity index (χ0) is 28.6. The number of hydrogen-bond donors (Lipinski definition) is 4. The van der Waals surface area contributed by atoms with Crippen LogP contribution in [0.2, 0.25) is 0 Å². The molecule has 0 amide bonds. The summed E-state index contributed by atoms with van der Waals surface area (Å²) in [6.45, 7) is 19.7. The van der Waals surface area contributed by atoms with E-state index >= 15 is 0 Å². The minimum atomic E-state index is -1.51. The number of hydrogen-bond acceptors (Lipinski definition) is 7. The largest absolute Gasteiger partial charge is 0.456 e. The van der Waals surface area contributed by atoms with E-state index in [1.54, 1.807) is 25.2 Å². The Morgan fingerprint density at radius 3 is 2.37 bits per heavy atom. The Kier molecular flexibility index (Phi) is 12.4. The smallest absolute Gasteiger partial charge is 0.331 e. The molecule has 2 aliphatic heterocycles. The van der Waals surface area contributed by atoms with Gasteiger partial charge in [0.15, 0.2) is 0 Å². The van der Waals surface area contributed by atoms with Gasteiger partial charge in [-0.1, -0.05) is 76.8 Å². The number of aliphatic hydroxyl groups excluding tert-OH is 4. The number of allylic oxidation sites excluding steroid dienone is 5. The van der Waals surface area contributed by atoms with E-state index in [0.29, 0.717) is 29.9 Å². The van der Waals surface area contributed by atoms with Crippen LogP contribution in [0.3, 0.4) is 0 Å². The van der Waals surface area contributed by atoms with Crippen LogP contribution < -0.4 is 0 Å². The summed E-state index contributed by atoms with van der Waals surface area (Å²) in [6, 6.07) is 0. The Morgan fingerprint density at radius 1 is 1.03 bits per heavy atom. The molecule has 1 fully saturated rings. The first-order valence-electron chi connectivity index (χ1n) is 13.5.